The van der Waals surface area contributed by atoms with Gasteiger partial charge in [-0.2, -0.15) is 0 Å². The molecule has 0 bridgehead atoms. The zero-order valence-corrected chi connectivity index (χ0v) is 17.0. The lowest BCUT2D eigenvalue weighted by molar-refractivity contribution is -0.134. The van der Waals surface area contributed by atoms with Crippen molar-refractivity contribution in [2.75, 3.05) is 0 Å². The fourth-order valence-electron chi connectivity index (χ4n) is 2.51. The molecule has 0 fully saturated rings. The number of benzene rings is 2. The Morgan fingerprint density at radius 1 is 1.03 bits per heavy atom. The molecule has 0 heterocycles. The maximum Gasteiger partial charge on any atom is 0.268 e. The molecule has 0 saturated carbocycles. The molecule has 0 aliphatic rings. The monoisotopic (exact) mass is 441 g/mol. The molecule has 2 amide bonds. The van der Waals surface area contributed by atoms with E-state index in [1.807, 2.05) is 0 Å². The summed E-state index contributed by atoms with van der Waals surface area (Å²) in [6.45, 7) is 0.840. The topological polar surface area (TPSA) is 125 Å². The Labute approximate surface area is 183 Å². The van der Waals surface area contributed by atoms with Gasteiger partial charge in [0.2, 0.25) is 0 Å². The van der Waals surface area contributed by atoms with Gasteiger partial charge in [0.05, 0.1) is 6.61 Å². The number of nitrogens with one attached hydrogen (secondary N) is 2. The highest BCUT2D eigenvalue weighted by Gasteiger charge is 2.44. The largest absolute Gasteiger partial charge is 0.392 e. The Bertz CT molecular complexity index is 1080. The van der Waals surface area contributed by atoms with Gasteiger partial charge in [0, 0.05) is 16.7 Å². The van der Waals surface area contributed by atoms with Gasteiger partial charge in [-0.05, 0) is 60.7 Å². The number of rotatable bonds is 6. The predicted molar refractivity (Wildman–Crippen MR) is 112 cm³/mol. The molecule has 7 nitrogen and oxygen atoms in total. The van der Waals surface area contributed by atoms with Gasteiger partial charge in [0.15, 0.2) is 0 Å². The van der Waals surface area contributed by atoms with Crippen molar-refractivity contribution < 1.29 is 28.7 Å². The number of aliphatic hydroxyl groups is 1. The predicted octanol–water partition coefficient (Wildman–Crippen LogP) is 1.17. The van der Waals surface area contributed by atoms with Gasteiger partial charge in [-0.25, -0.2) is 14.3 Å². The van der Waals surface area contributed by atoms with Crippen LogP contribution in [-0.2, 0) is 11.4 Å². The third-order valence-corrected chi connectivity index (χ3v) is 4.50. The molecular weight excluding hydrogens is 420 g/mol. The van der Waals surface area contributed by atoms with Crippen molar-refractivity contribution in [1.29, 1.82) is 0 Å². The van der Waals surface area contributed by atoms with Crippen LogP contribution in [0.1, 0.15) is 34.0 Å². The minimum Gasteiger partial charge on any atom is -0.392 e. The second-order valence-corrected chi connectivity index (χ2v) is 6.98. The maximum absolute atomic E-state index is 13.2. The summed E-state index contributed by atoms with van der Waals surface area (Å²) in [6.07, 6.45) is -3.14. The molecule has 2 aromatic rings. The zero-order chi connectivity index (χ0) is 23.7. The van der Waals surface area contributed by atoms with E-state index in [4.69, 9.17) is 16.0 Å². The first-order chi connectivity index (χ1) is 15.2. The van der Waals surface area contributed by atoms with E-state index < -0.39 is 29.8 Å². The molecule has 9 heteroatoms. The van der Waals surface area contributed by atoms with Crippen molar-refractivity contribution in [1.82, 2.24) is 10.8 Å². The molecule has 32 heavy (non-hydrogen) atoms. The van der Waals surface area contributed by atoms with Crippen LogP contribution in [0.4, 0.5) is 8.78 Å². The third kappa shape index (κ3) is 6.37. The summed E-state index contributed by atoms with van der Waals surface area (Å²) in [6, 6.07) is 11.0. The van der Waals surface area contributed by atoms with Gasteiger partial charge >= 0.3 is 0 Å². The van der Waals surface area contributed by atoms with Crippen LogP contribution in [0.5, 0.6) is 0 Å². The van der Waals surface area contributed by atoms with Gasteiger partial charge in [0.1, 0.15) is 11.6 Å². The number of hydrogen-bond acceptors (Lipinski definition) is 5. The number of alkyl halides is 2. The number of hydrogen-bond donors (Lipinski definition) is 5. The molecule has 2 rings (SSSR count). The SMILES string of the molecule is C[C@@](N)(C(F)F)[C@H](NC(=O)c1ccc(C#CC#Cc2ccc(CO)cc2)cc1)C(=O)NO. The Morgan fingerprint density at radius 3 is 1.97 bits per heavy atom. The third-order valence-electron chi connectivity index (χ3n) is 4.50. The first-order valence-corrected chi connectivity index (χ1v) is 9.32. The standard InChI is InChI=1S/C23H21F2N3O4/c1-23(26,22(24)25)19(21(31)28-32)27-20(30)18-12-10-16(11-13-18)5-3-2-4-15-6-8-17(14-29)9-7-15/h6-13,19,22,29,32H,14,26H2,1H3,(H,27,30)(H,28,31)/t19-,23+/m1/s1. The van der Waals surface area contributed by atoms with Crippen LogP contribution in [0.15, 0.2) is 48.5 Å². The quantitative estimate of drug-likeness (QED) is 0.262. The second-order valence-electron chi connectivity index (χ2n) is 6.98. The summed E-state index contributed by atoms with van der Waals surface area (Å²) in [4.78, 5) is 24.1. The highest BCUT2D eigenvalue weighted by Crippen LogP contribution is 2.18. The number of aliphatic hydroxyl groups excluding tert-OH is 1. The molecule has 0 unspecified atom stereocenters. The molecule has 0 radical (unpaired) electrons. The first kappa shape index (κ1) is 24.5. The molecule has 0 saturated heterocycles. The first-order valence-electron chi connectivity index (χ1n) is 9.32. The van der Waals surface area contributed by atoms with E-state index in [2.05, 4.69) is 29.0 Å². The van der Waals surface area contributed by atoms with E-state index in [-0.39, 0.29) is 12.2 Å². The minimum atomic E-state index is -3.14. The van der Waals surface area contributed by atoms with Gasteiger partial charge < -0.3 is 16.2 Å². The van der Waals surface area contributed by atoms with Crippen molar-refractivity contribution in [3.63, 3.8) is 0 Å². The molecular formula is C23H21F2N3O4. The average molecular weight is 441 g/mol. The number of hydroxylamine groups is 1. The molecule has 166 valence electrons. The van der Waals surface area contributed by atoms with Crippen LogP contribution >= 0.6 is 0 Å². The van der Waals surface area contributed by atoms with E-state index in [1.54, 1.807) is 24.3 Å². The van der Waals surface area contributed by atoms with E-state index in [9.17, 15) is 18.4 Å². The number of carbonyl (C=O) groups excluding carboxylic acids is 2. The van der Waals surface area contributed by atoms with Crippen molar-refractivity contribution >= 4 is 11.8 Å². The molecule has 0 aliphatic heterocycles. The van der Waals surface area contributed by atoms with Crippen LogP contribution in [0.3, 0.4) is 0 Å². The van der Waals surface area contributed by atoms with Crippen LogP contribution in [0, 0.1) is 23.7 Å². The highest BCUT2D eigenvalue weighted by molar-refractivity contribution is 5.98. The Balaban J connectivity index is 2.08. The van der Waals surface area contributed by atoms with Gasteiger partial charge in [-0.15, -0.1) is 0 Å². The molecule has 2 atom stereocenters. The Morgan fingerprint density at radius 2 is 1.53 bits per heavy atom. The van der Waals surface area contributed by atoms with E-state index >= 15 is 0 Å². The van der Waals surface area contributed by atoms with Crippen LogP contribution in [-0.4, -0.2) is 40.1 Å². The van der Waals surface area contributed by atoms with Crippen LogP contribution in [0.25, 0.3) is 0 Å². The fourth-order valence-corrected chi connectivity index (χ4v) is 2.51. The summed E-state index contributed by atoms with van der Waals surface area (Å²) in [5, 5.41) is 19.9. The normalized spacial score (nSPS) is 13.0. The highest BCUT2D eigenvalue weighted by atomic mass is 19.3. The van der Waals surface area contributed by atoms with Crippen molar-refractivity contribution in [2.45, 2.75) is 31.5 Å². The number of amides is 2. The Hall–Kier alpha value is -3.76. The van der Waals surface area contributed by atoms with Gasteiger partial charge in [-0.1, -0.05) is 24.0 Å². The molecule has 0 spiro atoms. The molecule has 6 N–H and O–H groups in total. The second kappa shape index (κ2) is 11.0. The lowest BCUT2D eigenvalue weighted by atomic mass is 9.92. The summed E-state index contributed by atoms with van der Waals surface area (Å²) >= 11 is 0. The van der Waals surface area contributed by atoms with Crippen LogP contribution < -0.4 is 16.5 Å². The lowest BCUT2D eigenvalue weighted by Gasteiger charge is -2.32. The molecule has 0 aliphatic carbocycles. The number of halogens is 2. The van der Waals surface area contributed by atoms with Crippen molar-refractivity contribution in [3.05, 3.63) is 70.8 Å². The molecule has 2 aromatic carbocycles. The van der Waals surface area contributed by atoms with Crippen molar-refractivity contribution in [2.24, 2.45) is 5.73 Å². The minimum absolute atomic E-state index is 0.0470. The van der Waals surface area contributed by atoms with E-state index in [0.29, 0.717) is 5.56 Å². The van der Waals surface area contributed by atoms with E-state index in [1.165, 1.54) is 29.7 Å². The summed E-state index contributed by atoms with van der Waals surface area (Å²) < 4.78 is 26.4. The summed E-state index contributed by atoms with van der Waals surface area (Å²) in [7, 11) is 0. The van der Waals surface area contributed by atoms with Gasteiger partial charge in [-0.3, -0.25) is 14.8 Å². The maximum atomic E-state index is 13.2. The summed E-state index contributed by atoms with van der Waals surface area (Å²) in [5.41, 5.74) is 6.43. The number of nitrogens with two attached hydrogens (primary N) is 1. The van der Waals surface area contributed by atoms with Gasteiger partial charge in [0.25, 0.3) is 18.2 Å². The number of carbonyl (C=O) groups is 2. The lowest BCUT2D eigenvalue weighted by Crippen LogP contribution is -2.66. The zero-order valence-electron chi connectivity index (χ0n) is 17.0. The summed E-state index contributed by atoms with van der Waals surface area (Å²) in [5.74, 6) is 8.92. The van der Waals surface area contributed by atoms with Crippen molar-refractivity contribution in [3.8, 4) is 23.7 Å². The van der Waals surface area contributed by atoms with Crippen LogP contribution in [0.2, 0.25) is 0 Å². The Kier molecular flexibility index (Phi) is 8.45. The van der Waals surface area contributed by atoms with E-state index in [0.717, 1.165) is 18.1 Å². The molecule has 0 aromatic heterocycles. The smallest absolute Gasteiger partial charge is 0.268 e. The average Bonchev–Trinajstić information content (AvgIpc) is 2.80. The fraction of sp³-hybridized carbons (Fsp3) is 0.217.